The SMILES string of the molecule is Cc1cnc(C(=O)c2cc(F)ccc2F)c(C)c1. The molecule has 1 heterocycles. The maximum Gasteiger partial charge on any atom is 0.214 e. The summed E-state index contributed by atoms with van der Waals surface area (Å²) in [6.07, 6.45) is 1.53. The Bertz CT molecular complexity index is 623. The van der Waals surface area contributed by atoms with Crippen LogP contribution < -0.4 is 0 Å². The zero-order chi connectivity index (χ0) is 13.3. The van der Waals surface area contributed by atoms with E-state index >= 15 is 0 Å². The zero-order valence-corrected chi connectivity index (χ0v) is 10.00. The summed E-state index contributed by atoms with van der Waals surface area (Å²) in [4.78, 5) is 16.1. The van der Waals surface area contributed by atoms with E-state index in [2.05, 4.69) is 4.98 Å². The van der Waals surface area contributed by atoms with Crippen LogP contribution in [0, 0.1) is 25.5 Å². The number of nitrogens with zero attached hydrogens (tertiary/aromatic N) is 1. The second-order valence-corrected chi connectivity index (χ2v) is 4.13. The predicted molar refractivity (Wildman–Crippen MR) is 63.5 cm³/mol. The number of halogens is 2. The molecule has 92 valence electrons. The number of aryl methyl sites for hydroxylation is 2. The van der Waals surface area contributed by atoms with E-state index in [1.54, 1.807) is 13.0 Å². The van der Waals surface area contributed by atoms with Gasteiger partial charge in [-0.05, 0) is 43.2 Å². The Morgan fingerprint density at radius 1 is 1.17 bits per heavy atom. The summed E-state index contributed by atoms with van der Waals surface area (Å²) < 4.78 is 26.6. The standard InChI is InChI=1S/C14H11F2NO/c1-8-5-9(2)13(17-7-8)14(18)11-6-10(15)3-4-12(11)16/h3-7H,1-2H3. The average Bonchev–Trinajstić information content (AvgIpc) is 2.31. The first-order valence-corrected chi connectivity index (χ1v) is 5.42. The van der Waals surface area contributed by atoms with Gasteiger partial charge in [0.15, 0.2) is 0 Å². The Balaban J connectivity index is 2.51. The van der Waals surface area contributed by atoms with Gasteiger partial charge in [0.05, 0.1) is 5.56 Å². The minimum Gasteiger partial charge on any atom is -0.287 e. The fraction of sp³-hybridized carbons (Fsp3) is 0.143. The number of carbonyl (C=O) groups excluding carboxylic acids is 1. The highest BCUT2D eigenvalue weighted by atomic mass is 19.1. The third-order valence-corrected chi connectivity index (χ3v) is 2.60. The minimum absolute atomic E-state index is 0.144. The summed E-state index contributed by atoms with van der Waals surface area (Å²) in [5, 5.41) is 0. The number of aromatic nitrogens is 1. The normalized spacial score (nSPS) is 10.4. The fourth-order valence-corrected chi connectivity index (χ4v) is 1.75. The van der Waals surface area contributed by atoms with Crippen molar-refractivity contribution in [2.75, 3.05) is 0 Å². The summed E-state index contributed by atoms with van der Waals surface area (Å²) in [6, 6.07) is 4.57. The number of carbonyl (C=O) groups is 1. The van der Waals surface area contributed by atoms with E-state index in [1.165, 1.54) is 6.20 Å². The van der Waals surface area contributed by atoms with Crippen molar-refractivity contribution in [3.8, 4) is 0 Å². The van der Waals surface area contributed by atoms with Crippen molar-refractivity contribution < 1.29 is 13.6 Å². The molecule has 0 radical (unpaired) electrons. The lowest BCUT2D eigenvalue weighted by molar-refractivity contribution is 0.102. The topological polar surface area (TPSA) is 30.0 Å². The van der Waals surface area contributed by atoms with Crippen LogP contribution in [0.25, 0.3) is 0 Å². The first-order chi connectivity index (χ1) is 8.49. The third kappa shape index (κ3) is 2.27. The van der Waals surface area contributed by atoms with Gasteiger partial charge in [-0.1, -0.05) is 6.07 Å². The average molecular weight is 247 g/mol. The lowest BCUT2D eigenvalue weighted by atomic mass is 10.0. The Hall–Kier alpha value is -2.10. The van der Waals surface area contributed by atoms with Crippen LogP contribution in [0.4, 0.5) is 8.78 Å². The highest BCUT2D eigenvalue weighted by molar-refractivity contribution is 6.08. The zero-order valence-electron chi connectivity index (χ0n) is 10.00. The number of benzene rings is 1. The third-order valence-electron chi connectivity index (χ3n) is 2.60. The van der Waals surface area contributed by atoms with E-state index in [-0.39, 0.29) is 11.3 Å². The first kappa shape index (κ1) is 12.4. The molecule has 18 heavy (non-hydrogen) atoms. The van der Waals surface area contributed by atoms with Crippen molar-refractivity contribution >= 4 is 5.78 Å². The smallest absolute Gasteiger partial charge is 0.214 e. The van der Waals surface area contributed by atoms with Gasteiger partial charge in [0.1, 0.15) is 17.3 Å². The number of rotatable bonds is 2. The molecular formula is C14H11F2NO. The molecule has 0 aliphatic heterocycles. The van der Waals surface area contributed by atoms with E-state index in [4.69, 9.17) is 0 Å². The van der Waals surface area contributed by atoms with Crippen LogP contribution in [-0.2, 0) is 0 Å². The highest BCUT2D eigenvalue weighted by Crippen LogP contribution is 2.16. The number of ketones is 1. The summed E-state index contributed by atoms with van der Waals surface area (Å²) in [7, 11) is 0. The van der Waals surface area contributed by atoms with Crippen molar-refractivity contribution in [2.45, 2.75) is 13.8 Å². The molecule has 1 aromatic carbocycles. The Morgan fingerprint density at radius 2 is 1.89 bits per heavy atom. The molecule has 0 amide bonds. The van der Waals surface area contributed by atoms with Crippen LogP contribution in [0.5, 0.6) is 0 Å². The molecule has 0 saturated carbocycles. The van der Waals surface area contributed by atoms with Crippen molar-refractivity contribution in [1.29, 1.82) is 0 Å². The van der Waals surface area contributed by atoms with Gasteiger partial charge < -0.3 is 0 Å². The van der Waals surface area contributed by atoms with Gasteiger partial charge in [-0.3, -0.25) is 9.78 Å². The van der Waals surface area contributed by atoms with E-state index in [0.29, 0.717) is 5.56 Å². The van der Waals surface area contributed by atoms with E-state index in [1.807, 2.05) is 6.92 Å². The van der Waals surface area contributed by atoms with Crippen LogP contribution in [0.15, 0.2) is 30.5 Å². The van der Waals surface area contributed by atoms with Crippen LogP contribution in [0.2, 0.25) is 0 Å². The monoisotopic (exact) mass is 247 g/mol. The predicted octanol–water partition coefficient (Wildman–Crippen LogP) is 3.21. The molecular weight excluding hydrogens is 236 g/mol. The lowest BCUT2D eigenvalue weighted by Crippen LogP contribution is -2.09. The van der Waals surface area contributed by atoms with Gasteiger partial charge in [0.2, 0.25) is 5.78 Å². The fourth-order valence-electron chi connectivity index (χ4n) is 1.75. The van der Waals surface area contributed by atoms with Gasteiger partial charge in [-0.25, -0.2) is 8.78 Å². The van der Waals surface area contributed by atoms with Crippen molar-refractivity contribution in [3.05, 3.63) is 64.5 Å². The second kappa shape index (κ2) is 4.64. The number of hydrogen-bond donors (Lipinski definition) is 0. The molecule has 0 saturated heterocycles. The maximum absolute atomic E-state index is 13.5. The molecule has 0 aliphatic rings. The summed E-state index contributed by atoms with van der Waals surface area (Å²) in [6.45, 7) is 3.56. The molecule has 0 bridgehead atoms. The Labute approximate surface area is 103 Å². The van der Waals surface area contributed by atoms with E-state index in [9.17, 15) is 13.6 Å². The van der Waals surface area contributed by atoms with Gasteiger partial charge in [0, 0.05) is 6.20 Å². The quantitative estimate of drug-likeness (QED) is 0.763. The number of pyridine rings is 1. The molecule has 0 fully saturated rings. The van der Waals surface area contributed by atoms with Crippen molar-refractivity contribution in [2.24, 2.45) is 0 Å². The summed E-state index contributed by atoms with van der Waals surface area (Å²) >= 11 is 0. The van der Waals surface area contributed by atoms with Crippen molar-refractivity contribution in [1.82, 2.24) is 4.98 Å². The maximum atomic E-state index is 13.5. The molecule has 0 N–H and O–H groups in total. The molecule has 4 heteroatoms. The molecule has 0 aliphatic carbocycles. The summed E-state index contributed by atoms with van der Waals surface area (Å²) in [5.74, 6) is -2.00. The summed E-state index contributed by atoms with van der Waals surface area (Å²) in [5.41, 5.74) is 1.40. The van der Waals surface area contributed by atoms with Crippen LogP contribution in [-0.4, -0.2) is 10.8 Å². The van der Waals surface area contributed by atoms with Gasteiger partial charge in [0.25, 0.3) is 0 Å². The van der Waals surface area contributed by atoms with Crippen LogP contribution >= 0.6 is 0 Å². The van der Waals surface area contributed by atoms with Crippen LogP contribution in [0.1, 0.15) is 27.2 Å². The molecule has 2 aromatic rings. The largest absolute Gasteiger partial charge is 0.287 e. The highest BCUT2D eigenvalue weighted by Gasteiger charge is 2.18. The minimum atomic E-state index is -0.747. The molecule has 0 atom stereocenters. The van der Waals surface area contributed by atoms with E-state index < -0.39 is 17.4 Å². The Morgan fingerprint density at radius 3 is 2.56 bits per heavy atom. The van der Waals surface area contributed by atoms with Gasteiger partial charge in [-0.15, -0.1) is 0 Å². The molecule has 2 nitrogen and oxygen atoms in total. The molecule has 0 unspecified atom stereocenters. The molecule has 1 aromatic heterocycles. The molecule has 2 rings (SSSR count). The lowest BCUT2D eigenvalue weighted by Gasteiger charge is -2.06. The Kier molecular flexibility index (Phi) is 3.19. The van der Waals surface area contributed by atoms with Gasteiger partial charge in [-0.2, -0.15) is 0 Å². The van der Waals surface area contributed by atoms with Gasteiger partial charge >= 0.3 is 0 Å². The first-order valence-electron chi connectivity index (χ1n) is 5.42. The number of hydrogen-bond acceptors (Lipinski definition) is 2. The second-order valence-electron chi connectivity index (χ2n) is 4.13. The van der Waals surface area contributed by atoms with E-state index in [0.717, 1.165) is 23.8 Å². The molecule has 0 spiro atoms. The van der Waals surface area contributed by atoms with Crippen molar-refractivity contribution in [3.63, 3.8) is 0 Å². The van der Waals surface area contributed by atoms with Crippen LogP contribution in [0.3, 0.4) is 0 Å².